The number of nitrogens with one attached hydrogen (secondary N) is 8. The first-order chi connectivity index (χ1) is 36.6. The molecule has 1 aromatic carbocycles. The smallest absolute Gasteiger partial charge is 0.328 e. The number of aliphatic hydroxyl groups is 2. The lowest BCUT2D eigenvalue weighted by atomic mass is 9.96. The summed E-state index contributed by atoms with van der Waals surface area (Å²) < 4.78 is 0. The van der Waals surface area contributed by atoms with E-state index in [1.54, 1.807) is 27.7 Å². The number of carboxylic acid groups (broad SMARTS) is 1. The molecule has 0 unspecified atom stereocenters. The van der Waals surface area contributed by atoms with Gasteiger partial charge in [0.25, 0.3) is 0 Å². The Morgan fingerprint density at radius 2 is 1.21 bits per heavy atom. The lowest BCUT2D eigenvalue weighted by Gasteiger charge is -2.33. The monoisotopic (exact) mass is 1100 g/mol. The summed E-state index contributed by atoms with van der Waals surface area (Å²) in [4.78, 5) is 155. The molecule has 3 rings (SSSR count). The first-order valence-electron chi connectivity index (χ1n) is 25.7. The van der Waals surface area contributed by atoms with Crippen molar-refractivity contribution in [2.75, 3.05) is 6.54 Å². The predicted octanol–water partition coefficient (Wildman–Crippen LogP) is -3.92. The maximum atomic E-state index is 14.6. The first kappa shape index (κ1) is 64.6. The molecule has 1 aromatic heterocycles. The lowest BCUT2D eigenvalue weighted by Crippen LogP contribution is -2.63. The molecule has 2 aromatic rings. The highest BCUT2D eigenvalue weighted by atomic mass is 16.4. The molecule has 1 aliphatic heterocycles. The maximum absolute atomic E-state index is 14.6. The van der Waals surface area contributed by atoms with Crippen LogP contribution in [-0.4, -0.2) is 173 Å². The molecule has 28 heteroatoms. The number of amides is 10. The number of carboxylic acids is 1. The number of aromatic nitrogens is 2. The van der Waals surface area contributed by atoms with Crippen LogP contribution in [-0.2, 0) is 65.6 Å². The normalized spacial score (nSPS) is 17.5. The largest absolute Gasteiger partial charge is 0.508 e. The van der Waals surface area contributed by atoms with E-state index in [-0.39, 0.29) is 76.0 Å². The van der Waals surface area contributed by atoms with Gasteiger partial charge in [0.1, 0.15) is 48.0 Å². The second kappa shape index (κ2) is 30.9. The van der Waals surface area contributed by atoms with Crippen molar-refractivity contribution in [2.45, 2.75) is 172 Å². The number of aliphatic carboxylic acids is 1. The minimum absolute atomic E-state index is 0.00139. The van der Waals surface area contributed by atoms with E-state index in [9.17, 15) is 73.2 Å². The van der Waals surface area contributed by atoms with Gasteiger partial charge in [-0.3, -0.25) is 47.9 Å². The Morgan fingerprint density at radius 3 is 1.74 bits per heavy atom. The summed E-state index contributed by atoms with van der Waals surface area (Å²) >= 11 is 0. The predicted molar refractivity (Wildman–Crippen MR) is 277 cm³/mol. The number of nitrogens with two attached hydrogens (primary N) is 3. The fourth-order valence-corrected chi connectivity index (χ4v) is 8.39. The number of rotatable bonds is 32. The summed E-state index contributed by atoms with van der Waals surface area (Å²) in [7, 11) is 0. The Labute approximate surface area is 450 Å². The van der Waals surface area contributed by atoms with Crippen molar-refractivity contribution >= 4 is 65.0 Å². The fraction of sp³-hybridized carbons (Fsp3) is 0.600. The van der Waals surface area contributed by atoms with E-state index in [2.05, 4.69) is 47.2 Å². The minimum atomic E-state index is -1.69. The van der Waals surface area contributed by atoms with Gasteiger partial charge in [0, 0.05) is 44.1 Å². The van der Waals surface area contributed by atoms with Gasteiger partial charge in [-0.15, -0.1) is 0 Å². The van der Waals surface area contributed by atoms with Crippen molar-refractivity contribution in [3.8, 4) is 5.75 Å². The number of phenolic OH excluding ortho intramolecular Hbond substituents is 1. The summed E-state index contributed by atoms with van der Waals surface area (Å²) in [6.45, 7) is 9.26. The van der Waals surface area contributed by atoms with E-state index in [0.717, 1.165) is 4.90 Å². The van der Waals surface area contributed by atoms with E-state index in [1.807, 2.05) is 0 Å². The van der Waals surface area contributed by atoms with Crippen LogP contribution in [0.4, 0.5) is 0 Å². The van der Waals surface area contributed by atoms with Gasteiger partial charge in [0.15, 0.2) is 6.04 Å². The number of aromatic amines is 1. The number of hydrogen-bond acceptors (Lipinski definition) is 16. The molecule has 1 fully saturated rings. The fourth-order valence-electron chi connectivity index (χ4n) is 8.39. The number of carbonyl (C=O) groups is 11. The van der Waals surface area contributed by atoms with Gasteiger partial charge in [0.2, 0.25) is 59.1 Å². The molecule has 0 spiro atoms. The number of aliphatic hydroxyl groups excluding tert-OH is 2. The van der Waals surface area contributed by atoms with Crippen LogP contribution in [0.2, 0.25) is 0 Å². The first-order valence-corrected chi connectivity index (χ1v) is 25.7. The van der Waals surface area contributed by atoms with Crippen molar-refractivity contribution in [3.05, 3.63) is 48.0 Å². The van der Waals surface area contributed by atoms with E-state index in [4.69, 9.17) is 17.2 Å². The molecular weight excluding hydrogens is 1020 g/mol. The van der Waals surface area contributed by atoms with E-state index in [0.29, 0.717) is 17.7 Å². The summed E-state index contributed by atoms with van der Waals surface area (Å²) in [5, 5.41) is 58.1. The Morgan fingerprint density at radius 1 is 0.679 bits per heavy atom. The zero-order valence-corrected chi connectivity index (χ0v) is 44.7. The van der Waals surface area contributed by atoms with Crippen molar-refractivity contribution < 1.29 is 73.2 Å². The van der Waals surface area contributed by atoms with Gasteiger partial charge < -0.3 is 84.7 Å². The van der Waals surface area contributed by atoms with Crippen LogP contribution < -0.4 is 54.4 Å². The number of phenols is 1. The van der Waals surface area contributed by atoms with Gasteiger partial charge in [-0.1, -0.05) is 46.2 Å². The van der Waals surface area contributed by atoms with Crippen LogP contribution in [0.5, 0.6) is 5.75 Å². The van der Waals surface area contributed by atoms with E-state index in [1.165, 1.54) is 50.6 Å². The minimum Gasteiger partial charge on any atom is -0.508 e. The van der Waals surface area contributed by atoms with Crippen LogP contribution in [0.15, 0.2) is 36.8 Å². The number of hydrogen-bond donors (Lipinski definition) is 15. The zero-order chi connectivity index (χ0) is 58.6. The van der Waals surface area contributed by atoms with Crippen molar-refractivity contribution in [1.29, 1.82) is 0 Å². The molecule has 12 atom stereocenters. The average Bonchev–Trinajstić information content (AvgIpc) is 4.09. The molecule has 28 nitrogen and oxygen atoms in total. The Bertz CT molecular complexity index is 2400. The second-order valence-electron chi connectivity index (χ2n) is 20.0. The third-order valence-electron chi connectivity index (χ3n) is 13.0. The van der Waals surface area contributed by atoms with Crippen molar-refractivity contribution in [1.82, 2.24) is 52.1 Å². The van der Waals surface area contributed by atoms with Gasteiger partial charge in [-0.05, 0) is 75.5 Å². The lowest BCUT2D eigenvalue weighted by molar-refractivity contribution is -0.146. The molecule has 1 aliphatic rings. The van der Waals surface area contributed by atoms with Gasteiger partial charge in [0.05, 0.1) is 24.6 Å². The zero-order valence-electron chi connectivity index (χ0n) is 44.7. The number of carbonyl (C=O) groups excluding carboxylic acids is 10. The van der Waals surface area contributed by atoms with E-state index < -0.39 is 138 Å². The number of primary amides is 2. The maximum Gasteiger partial charge on any atom is 0.328 e. The van der Waals surface area contributed by atoms with E-state index >= 15 is 0 Å². The van der Waals surface area contributed by atoms with Crippen LogP contribution in [0.25, 0.3) is 0 Å². The van der Waals surface area contributed by atoms with Crippen LogP contribution in [0, 0.1) is 11.8 Å². The number of imidazole rings is 1. The van der Waals surface area contributed by atoms with Gasteiger partial charge in [-0.2, -0.15) is 0 Å². The van der Waals surface area contributed by atoms with Crippen molar-refractivity contribution in [3.63, 3.8) is 0 Å². The molecule has 0 aliphatic carbocycles. The van der Waals surface area contributed by atoms with Gasteiger partial charge >= 0.3 is 5.97 Å². The number of H-pyrrole nitrogens is 1. The quantitative estimate of drug-likeness (QED) is 0.0333. The molecular formula is C50H77N13O15. The average molecular weight is 1100 g/mol. The number of nitrogens with zero attached hydrogens (tertiary/aromatic N) is 2. The Kier molecular flexibility index (Phi) is 25.6. The molecule has 1 saturated heterocycles. The summed E-state index contributed by atoms with van der Waals surface area (Å²) in [6, 6.07) is -7.50. The third kappa shape index (κ3) is 20.3. The number of likely N-dealkylation sites (tertiary alicyclic amines) is 1. The van der Waals surface area contributed by atoms with Crippen LogP contribution >= 0.6 is 0 Å². The standard InChI is InChI=1S/C50H77N13O15/c1-7-25(4)39(48(75)61-40(26(5)64)49(76)63-18-8-9-36(63)47(74)59-33(19-24(2)3)45(72)62-41(27(6)65)50(77)78)60-46(73)34(20-28-10-12-30(66)13-11-28)57-44(71)35(21-29-22-54-23-55-29)58-43(70)32(15-17-38(53)68)56-42(69)31(51)14-16-37(52)67/h10-13,22-27,31-36,39-41,64-66H,7-9,14-21,51H2,1-6H3,(H2,52,67)(H2,53,68)(H,54,55)(H,56,69)(H,57,71)(H,58,70)(H,59,74)(H,60,73)(H,61,75)(H,62,72)(H,77,78)/t25-,26+,27+,31-,32-,33-,34-,35-,36-,39-,40-,41-/m0/s1. The SMILES string of the molecule is CC[C@H](C)[C@H](NC(=O)[C@H](Cc1ccc(O)cc1)NC(=O)[C@H](Cc1cnc[nH]1)NC(=O)[C@H](CCC(N)=O)NC(=O)[C@@H](N)CCC(N)=O)C(=O)N[C@H](C(=O)N1CCC[C@H]1C(=O)N[C@@H](CC(C)C)C(=O)N[C@H](C(=O)O)[C@@H](C)O)[C@@H](C)O. The second-order valence-corrected chi connectivity index (χ2v) is 20.0. The molecule has 2 heterocycles. The van der Waals surface area contributed by atoms with Crippen LogP contribution in [0.3, 0.4) is 0 Å². The highest BCUT2D eigenvalue weighted by Crippen LogP contribution is 2.21. The van der Waals surface area contributed by atoms with Gasteiger partial charge in [-0.25, -0.2) is 9.78 Å². The molecule has 10 amide bonds. The highest BCUT2D eigenvalue weighted by molar-refractivity contribution is 5.99. The molecule has 432 valence electrons. The summed E-state index contributed by atoms with van der Waals surface area (Å²) in [6.07, 6.45) is -1.29. The topological polar surface area (TPSA) is 463 Å². The third-order valence-corrected chi connectivity index (χ3v) is 13.0. The highest BCUT2D eigenvalue weighted by Gasteiger charge is 2.42. The van der Waals surface area contributed by atoms with Crippen LogP contribution in [0.1, 0.15) is 104 Å². The molecule has 0 bridgehead atoms. The number of benzene rings is 1. The summed E-state index contributed by atoms with van der Waals surface area (Å²) in [5.74, 6) is -11.2. The molecule has 0 radical (unpaired) electrons. The molecule has 0 saturated carbocycles. The number of aromatic hydroxyl groups is 1. The molecule has 18 N–H and O–H groups in total. The Hall–Kier alpha value is -7.72. The summed E-state index contributed by atoms with van der Waals surface area (Å²) in [5.41, 5.74) is 17.2. The molecule has 78 heavy (non-hydrogen) atoms. The van der Waals surface area contributed by atoms with Crippen molar-refractivity contribution in [2.24, 2.45) is 29.0 Å². The Balaban J connectivity index is 1.93.